The second kappa shape index (κ2) is 10.0. The van der Waals surface area contributed by atoms with Crippen LogP contribution in [0.2, 0.25) is 0 Å². The van der Waals surface area contributed by atoms with E-state index in [-0.39, 0.29) is 29.6 Å². The molecule has 3 aromatic rings. The lowest BCUT2D eigenvalue weighted by atomic mass is 10.0. The first-order valence-corrected chi connectivity index (χ1v) is 11.7. The van der Waals surface area contributed by atoms with Crippen molar-refractivity contribution in [2.75, 3.05) is 25.0 Å². The number of nitrogens with zero attached hydrogens (tertiary/aromatic N) is 2. The molecule has 6 nitrogen and oxygen atoms in total. The Morgan fingerprint density at radius 3 is 2.58 bits per heavy atom. The predicted octanol–water partition coefficient (Wildman–Crippen LogP) is 4.24. The number of hydrogen-bond donors (Lipinski definition) is 2. The molecule has 1 aliphatic heterocycles. The Labute approximate surface area is 205 Å². The Hall–Kier alpha value is -3.24. The van der Waals surface area contributed by atoms with E-state index >= 15 is 0 Å². The number of aryl methyl sites for hydroxylation is 1. The molecular weight excluding hydrogens is 476 g/mol. The van der Waals surface area contributed by atoms with Crippen molar-refractivity contribution in [1.82, 2.24) is 9.47 Å². The fourth-order valence-electron chi connectivity index (χ4n) is 4.72. The first-order valence-electron chi connectivity index (χ1n) is 11.7. The van der Waals surface area contributed by atoms with Gasteiger partial charge in [-0.25, -0.2) is 4.39 Å². The monoisotopic (exact) mass is 504 g/mol. The minimum Gasteiger partial charge on any atom is -0.326 e. The van der Waals surface area contributed by atoms with E-state index in [0.717, 1.165) is 25.6 Å². The van der Waals surface area contributed by atoms with E-state index in [1.54, 1.807) is 35.9 Å². The van der Waals surface area contributed by atoms with Gasteiger partial charge in [0.25, 0.3) is 5.56 Å². The number of alkyl halides is 3. The predicted molar refractivity (Wildman–Crippen MR) is 130 cm³/mol. The normalized spacial score (nSPS) is 17.5. The van der Waals surface area contributed by atoms with Gasteiger partial charge in [0.1, 0.15) is 5.82 Å². The summed E-state index contributed by atoms with van der Waals surface area (Å²) in [5.74, 6) is -1.97. The number of likely N-dealkylation sites (tertiary alicyclic amines) is 1. The van der Waals surface area contributed by atoms with Crippen LogP contribution in [0.25, 0.3) is 10.8 Å². The van der Waals surface area contributed by atoms with Gasteiger partial charge in [-0.05, 0) is 62.2 Å². The van der Waals surface area contributed by atoms with Crippen molar-refractivity contribution in [3.63, 3.8) is 0 Å². The van der Waals surface area contributed by atoms with Crippen LogP contribution in [0, 0.1) is 12.7 Å². The summed E-state index contributed by atoms with van der Waals surface area (Å²) in [6.07, 6.45) is -2.50. The van der Waals surface area contributed by atoms with E-state index in [1.165, 1.54) is 0 Å². The molecule has 2 aromatic carbocycles. The summed E-state index contributed by atoms with van der Waals surface area (Å²) in [6, 6.07) is 7.69. The third-order valence-electron chi connectivity index (χ3n) is 6.59. The van der Waals surface area contributed by atoms with E-state index in [1.807, 2.05) is 6.92 Å². The number of carbonyl (C=O) groups excluding carboxylic acids is 1. The van der Waals surface area contributed by atoms with Crippen LogP contribution in [-0.4, -0.2) is 41.1 Å². The lowest BCUT2D eigenvalue weighted by molar-refractivity contribution is -0.140. The summed E-state index contributed by atoms with van der Waals surface area (Å²) >= 11 is 0. The summed E-state index contributed by atoms with van der Waals surface area (Å²) < 4.78 is 53.9. The van der Waals surface area contributed by atoms with Gasteiger partial charge in [-0.3, -0.25) is 14.5 Å². The van der Waals surface area contributed by atoms with Gasteiger partial charge in [-0.15, -0.1) is 0 Å². The molecule has 4 rings (SSSR count). The minimum absolute atomic E-state index is 0.0823. The van der Waals surface area contributed by atoms with Crippen molar-refractivity contribution in [2.24, 2.45) is 5.73 Å². The number of nitrogens with one attached hydrogen (secondary N) is 1. The Morgan fingerprint density at radius 1 is 1.19 bits per heavy atom. The third-order valence-corrected chi connectivity index (χ3v) is 6.59. The summed E-state index contributed by atoms with van der Waals surface area (Å²) in [7, 11) is 0. The fourth-order valence-corrected chi connectivity index (χ4v) is 4.72. The molecule has 0 spiro atoms. The quantitative estimate of drug-likeness (QED) is 0.492. The number of amides is 1. The number of hydrogen-bond acceptors (Lipinski definition) is 4. The van der Waals surface area contributed by atoms with Crippen LogP contribution in [0.5, 0.6) is 0 Å². The van der Waals surface area contributed by atoms with Crippen LogP contribution < -0.4 is 16.6 Å². The molecular formula is C26H28F4N4O2. The lowest BCUT2D eigenvalue weighted by Gasteiger charge is -2.23. The van der Waals surface area contributed by atoms with Crippen molar-refractivity contribution < 1.29 is 22.4 Å². The molecule has 1 fully saturated rings. The Bertz CT molecular complexity index is 1350. The molecule has 0 unspecified atom stereocenters. The zero-order chi connectivity index (χ0) is 26.2. The highest BCUT2D eigenvalue weighted by molar-refractivity contribution is 6.03. The standard InChI is InChI=1S/C26H28F4N4O2/c1-15-3-5-20-19(8-10-34(25(20)36)16(2)13-33-9-7-18(31)14-33)24(15)32-23(35)12-17-4-6-21(22(27)11-17)26(28,29)30/h3-6,8,10-11,16,18H,7,9,12-14,31H2,1-2H3,(H,32,35)/t16-,18-/m1/s1. The van der Waals surface area contributed by atoms with Gasteiger partial charge in [0, 0.05) is 42.1 Å². The maximum absolute atomic E-state index is 13.9. The molecule has 0 bridgehead atoms. The molecule has 0 saturated carbocycles. The fraction of sp³-hybridized carbons (Fsp3) is 0.385. The maximum atomic E-state index is 13.9. The lowest BCUT2D eigenvalue weighted by Crippen LogP contribution is -2.34. The molecule has 1 amide bonds. The van der Waals surface area contributed by atoms with Crippen LogP contribution >= 0.6 is 0 Å². The van der Waals surface area contributed by atoms with E-state index in [4.69, 9.17) is 5.73 Å². The SMILES string of the molecule is Cc1ccc2c(=O)n([C@H](C)CN3CC[C@@H](N)C3)ccc2c1NC(=O)Cc1ccc(C(F)(F)F)c(F)c1. The summed E-state index contributed by atoms with van der Waals surface area (Å²) in [4.78, 5) is 28.2. The average Bonchev–Trinajstić information content (AvgIpc) is 3.19. The first-order chi connectivity index (χ1) is 16.9. The number of fused-ring (bicyclic) bond motifs is 1. The Balaban J connectivity index is 1.55. The van der Waals surface area contributed by atoms with E-state index in [0.29, 0.717) is 40.7 Å². The van der Waals surface area contributed by atoms with Gasteiger partial charge >= 0.3 is 6.18 Å². The number of benzene rings is 2. The second-order valence-corrected chi connectivity index (χ2v) is 9.44. The number of carbonyl (C=O) groups is 1. The van der Waals surface area contributed by atoms with Gasteiger partial charge < -0.3 is 15.6 Å². The molecule has 0 aliphatic carbocycles. The highest BCUT2D eigenvalue weighted by atomic mass is 19.4. The number of pyridine rings is 1. The molecule has 1 saturated heterocycles. The summed E-state index contributed by atoms with van der Waals surface area (Å²) in [6.45, 7) is 6.13. The highest BCUT2D eigenvalue weighted by Gasteiger charge is 2.34. The third kappa shape index (κ3) is 5.44. The number of aromatic nitrogens is 1. The Morgan fingerprint density at radius 2 is 1.94 bits per heavy atom. The van der Waals surface area contributed by atoms with Gasteiger partial charge in [0.05, 0.1) is 17.7 Å². The van der Waals surface area contributed by atoms with Crippen LogP contribution in [0.1, 0.15) is 36.1 Å². The molecule has 36 heavy (non-hydrogen) atoms. The highest BCUT2D eigenvalue weighted by Crippen LogP contribution is 2.32. The van der Waals surface area contributed by atoms with E-state index < -0.39 is 23.5 Å². The number of anilines is 1. The minimum atomic E-state index is -4.81. The number of rotatable bonds is 6. The van der Waals surface area contributed by atoms with Crippen LogP contribution in [-0.2, 0) is 17.4 Å². The van der Waals surface area contributed by atoms with Gasteiger partial charge in [0.15, 0.2) is 0 Å². The van der Waals surface area contributed by atoms with Crippen molar-refractivity contribution in [3.8, 4) is 0 Å². The molecule has 2 heterocycles. The summed E-state index contributed by atoms with van der Waals surface area (Å²) in [5.41, 5.74) is 5.67. The van der Waals surface area contributed by atoms with Crippen LogP contribution in [0.15, 0.2) is 47.4 Å². The smallest absolute Gasteiger partial charge is 0.326 e. The number of nitrogens with two attached hydrogens (primary N) is 1. The summed E-state index contributed by atoms with van der Waals surface area (Å²) in [5, 5.41) is 3.74. The van der Waals surface area contributed by atoms with E-state index in [9.17, 15) is 27.2 Å². The molecule has 2 atom stereocenters. The van der Waals surface area contributed by atoms with Crippen molar-refractivity contribution >= 4 is 22.4 Å². The van der Waals surface area contributed by atoms with Crippen molar-refractivity contribution in [2.45, 2.75) is 44.9 Å². The topological polar surface area (TPSA) is 80.4 Å². The molecule has 1 aliphatic rings. The molecule has 3 N–H and O–H groups in total. The van der Waals surface area contributed by atoms with Crippen LogP contribution in [0.3, 0.4) is 0 Å². The molecule has 0 radical (unpaired) electrons. The first kappa shape index (κ1) is 25.8. The average molecular weight is 505 g/mol. The van der Waals surface area contributed by atoms with Crippen molar-refractivity contribution in [3.05, 3.63) is 75.5 Å². The van der Waals surface area contributed by atoms with E-state index in [2.05, 4.69) is 10.2 Å². The maximum Gasteiger partial charge on any atom is 0.419 e. The Kier molecular flexibility index (Phi) is 7.19. The van der Waals surface area contributed by atoms with Crippen molar-refractivity contribution in [1.29, 1.82) is 0 Å². The zero-order valence-electron chi connectivity index (χ0n) is 20.0. The molecule has 192 valence electrons. The van der Waals surface area contributed by atoms with Gasteiger partial charge in [0.2, 0.25) is 5.91 Å². The number of halogens is 4. The molecule has 1 aromatic heterocycles. The second-order valence-electron chi connectivity index (χ2n) is 9.44. The molecule has 10 heteroatoms. The van der Waals surface area contributed by atoms with Gasteiger partial charge in [-0.2, -0.15) is 13.2 Å². The largest absolute Gasteiger partial charge is 0.419 e. The zero-order valence-corrected chi connectivity index (χ0v) is 20.0. The van der Waals surface area contributed by atoms with Crippen LogP contribution in [0.4, 0.5) is 23.2 Å². The van der Waals surface area contributed by atoms with Gasteiger partial charge in [-0.1, -0.05) is 12.1 Å².